The Morgan fingerprint density at radius 2 is 1.79 bits per heavy atom. The first kappa shape index (κ1) is 17.9. The number of benzene rings is 2. The van der Waals surface area contributed by atoms with Crippen molar-refractivity contribution in [1.29, 1.82) is 0 Å². The van der Waals surface area contributed by atoms with E-state index in [4.69, 9.17) is 0 Å². The lowest BCUT2D eigenvalue weighted by atomic mass is 10.1. The molecule has 6 nitrogen and oxygen atoms in total. The highest BCUT2D eigenvalue weighted by Gasteiger charge is 2.17. The topological polar surface area (TPSA) is 66.5 Å². The summed E-state index contributed by atoms with van der Waals surface area (Å²) in [5.74, 6) is 0.994. The summed E-state index contributed by atoms with van der Waals surface area (Å²) in [5.41, 5.74) is 2.04. The summed E-state index contributed by atoms with van der Waals surface area (Å²) >= 11 is 0. The van der Waals surface area contributed by atoms with Gasteiger partial charge in [0.1, 0.15) is 17.4 Å². The molecule has 2 heterocycles. The Bertz CT molecular complexity index is 1110. The van der Waals surface area contributed by atoms with Crippen LogP contribution in [0.1, 0.15) is 12.5 Å². The Hall–Kier alpha value is -3.48. The van der Waals surface area contributed by atoms with Crippen molar-refractivity contribution < 1.29 is 9.50 Å². The number of likely N-dealkylation sites (N-methyl/N-ethyl adjacent to an activating group) is 1. The van der Waals surface area contributed by atoms with E-state index in [0.29, 0.717) is 17.0 Å². The fourth-order valence-corrected chi connectivity index (χ4v) is 3.11. The molecule has 4 rings (SSSR count). The third kappa shape index (κ3) is 3.38. The number of phenolic OH excluding ortho intramolecular Hbond substituents is 1. The molecule has 0 aliphatic heterocycles. The zero-order valence-electron chi connectivity index (χ0n) is 15.6. The average molecular weight is 377 g/mol. The Balaban J connectivity index is 1.64. The van der Waals surface area contributed by atoms with Gasteiger partial charge >= 0.3 is 0 Å². The van der Waals surface area contributed by atoms with Gasteiger partial charge in [0.25, 0.3) is 0 Å². The quantitative estimate of drug-likeness (QED) is 0.574. The monoisotopic (exact) mass is 377 g/mol. The minimum Gasteiger partial charge on any atom is -0.508 e. The van der Waals surface area contributed by atoms with E-state index in [2.05, 4.69) is 27.1 Å². The Labute approximate surface area is 161 Å². The molecule has 1 N–H and O–H groups in total. The van der Waals surface area contributed by atoms with E-state index in [-0.39, 0.29) is 17.6 Å². The van der Waals surface area contributed by atoms with Gasteiger partial charge in [-0.2, -0.15) is 4.52 Å². The first-order valence-corrected chi connectivity index (χ1v) is 9.01. The highest BCUT2D eigenvalue weighted by Crippen LogP contribution is 2.23. The number of hydrogen-bond donors (Lipinski definition) is 1. The van der Waals surface area contributed by atoms with E-state index in [1.165, 1.54) is 6.07 Å². The van der Waals surface area contributed by atoms with Gasteiger partial charge < -0.3 is 10.0 Å². The number of nitrogens with zero attached hydrogens (tertiary/aromatic N) is 5. The van der Waals surface area contributed by atoms with E-state index in [1.807, 2.05) is 31.3 Å². The standard InChI is InChI=1S/C21H20FN5O/c1-14(13-15-7-9-16(28)10-8-15)26(2)20-12-11-19-23-24-21(27(19)25-20)17-5-3-4-6-18(17)22/h3-12,14,28H,13H2,1-2H3. The predicted octanol–water partition coefficient (Wildman–Crippen LogP) is 3.70. The molecule has 2 aromatic heterocycles. The molecule has 0 radical (unpaired) electrons. The molecule has 28 heavy (non-hydrogen) atoms. The number of fused-ring (bicyclic) bond motifs is 1. The Morgan fingerprint density at radius 3 is 2.54 bits per heavy atom. The molecular formula is C21H20FN5O. The number of anilines is 1. The molecule has 1 atom stereocenters. The SMILES string of the molecule is CC(Cc1ccc(O)cc1)N(C)c1ccc2nnc(-c3ccccc3F)n2n1. The van der Waals surface area contributed by atoms with Gasteiger partial charge in [0.2, 0.25) is 0 Å². The number of rotatable bonds is 5. The summed E-state index contributed by atoms with van der Waals surface area (Å²) in [6.07, 6.45) is 0.791. The van der Waals surface area contributed by atoms with Crippen molar-refractivity contribution in [3.05, 3.63) is 72.0 Å². The molecular weight excluding hydrogens is 357 g/mol. The van der Waals surface area contributed by atoms with Gasteiger partial charge in [-0.15, -0.1) is 15.3 Å². The van der Waals surface area contributed by atoms with Crippen LogP contribution in [0.3, 0.4) is 0 Å². The normalized spacial score (nSPS) is 12.2. The van der Waals surface area contributed by atoms with Crippen LogP contribution >= 0.6 is 0 Å². The summed E-state index contributed by atoms with van der Waals surface area (Å²) in [6.45, 7) is 2.10. The van der Waals surface area contributed by atoms with E-state index in [0.717, 1.165) is 17.8 Å². The summed E-state index contributed by atoms with van der Waals surface area (Å²) in [4.78, 5) is 2.05. The van der Waals surface area contributed by atoms with Crippen LogP contribution < -0.4 is 4.90 Å². The van der Waals surface area contributed by atoms with Crippen molar-refractivity contribution in [3.8, 4) is 17.1 Å². The van der Waals surface area contributed by atoms with Crippen LogP contribution in [-0.4, -0.2) is 38.0 Å². The molecule has 7 heteroatoms. The van der Waals surface area contributed by atoms with Crippen LogP contribution in [0.2, 0.25) is 0 Å². The van der Waals surface area contributed by atoms with Gasteiger partial charge in [0.15, 0.2) is 11.5 Å². The lowest BCUT2D eigenvalue weighted by molar-refractivity contribution is 0.475. The molecule has 0 aliphatic rings. The molecule has 0 spiro atoms. The summed E-state index contributed by atoms with van der Waals surface area (Å²) in [5, 5.41) is 22.3. The van der Waals surface area contributed by atoms with Gasteiger partial charge in [-0.3, -0.25) is 0 Å². The maximum Gasteiger partial charge on any atom is 0.188 e. The van der Waals surface area contributed by atoms with Gasteiger partial charge in [-0.1, -0.05) is 24.3 Å². The van der Waals surface area contributed by atoms with E-state index in [1.54, 1.807) is 34.8 Å². The Kier molecular flexibility index (Phi) is 4.65. The van der Waals surface area contributed by atoms with Crippen molar-refractivity contribution in [2.75, 3.05) is 11.9 Å². The number of aromatic hydroxyl groups is 1. The summed E-state index contributed by atoms with van der Waals surface area (Å²) in [7, 11) is 1.96. The van der Waals surface area contributed by atoms with Crippen LogP contribution in [0.4, 0.5) is 10.2 Å². The molecule has 0 amide bonds. The lowest BCUT2D eigenvalue weighted by Gasteiger charge is -2.26. The molecule has 0 bridgehead atoms. The molecule has 4 aromatic rings. The number of halogens is 1. The molecule has 0 saturated heterocycles. The summed E-state index contributed by atoms with van der Waals surface area (Å²) < 4.78 is 15.8. The maximum absolute atomic E-state index is 14.2. The lowest BCUT2D eigenvalue weighted by Crippen LogP contribution is -2.31. The van der Waals surface area contributed by atoms with Crippen molar-refractivity contribution in [2.45, 2.75) is 19.4 Å². The second-order valence-corrected chi connectivity index (χ2v) is 6.80. The van der Waals surface area contributed by atoms with Gasteiger partial charge in [0, 0.05) is 13.1 Å². The third-order valence-corrected chi connectivity index (χ3v) is 4.85. The van der Waals surface area contributed by atoms with Gasteiger partial charge in [-0.25, -0.2) is 4.39 Å². The zero-order chi connectivity index (χ0) is 19.7. The van der Waals surface area contributed by atoms with Crippen molar-refractivity contribution in [1.82, 2.24) is 19.8 Å². The fourth-order valence-electron chi connectivity index (χ4n) is 3.11. The number of hydrogen-bond acceptors (Lipinski definition) is 5. The first-order chi connectivity index (χ1) is 13.5. The minimum absolute atomic E-state index is 0.155. The van der Waals surface area contributed by atoms with Crippen molar-refractivity contribution >= 4 is 11.5 Å². The molecule has 1 unspecified atom stereocenters. The van der Waals surface area contributed by atoms with E-state index < -0.39 is 0 Å². The Morgan fingerprint density at radius 1 is 1.04 bits per heavy atom. The van der Waals surface area contributed by atoms with Crippen LogP contribution in [-0.2, 0) is 6.42 Å². The van der Waals surface area contributed by atoms with E-state index in [9.17, 15) is 9.50 Å². The van der Waals surface area contributed by atoms with Crippen molar-refractivity contribution in [2.24, 2.45) is 0 Å². The molecule has 142 valence electrons. The molecule has 0 saturated carbocycles. The molecule has 0 aliphatic carbocycles. The van der Waals surface area contributed by atoms with Gasteiger partial charge in [-0.05, 0) is 55.3 Å². The maximum atomic E-state index is 14.2. The van der Waals surface area contributed by atoms with Crippen LogP contribution in [0.15, 0.2) is 60.7 Å². The predicted molar refractivity (Wildman–Crippen MR) is 106 cm³/mol. The smallest absolute Gasteiger partial charge is 0.188 e. The fraction of sp³-hybridized carbons (Fsp3) is 0.190. The zero-order valence-corrected chi connectivity index (χ0v) is 15.6. The van der Waals surface area contributed by atoms with Crippen LogP contribution in [0, 0.1) is 5.82 Å². The third-order valence-electron chi connectivity index (χ3n) is 4.85. The molecule has 0 fully saturated rings. The first-order valence-electron chi connectivity index (χ1n) is 9.01. The summed E-state index contributed by atoms with van der Waals surface area (Å²) in [6, 6.07) is 17.5. The minimum atomic E-state index is -0.363. The average Bonchev–Trinajstić information content (AvgIpc) is 3.12. The number of aromatic nitrogens is 4. The highest BCUT2D eigenvalue weighted by atomic mass is 19.1. The second-order valence-electron chi connectivity index (χ2n) is 6.80. The van der Waals surface area contributed by atoms with Crippen LogP contribution in [0.25, 0.3) is 17.0 Å². The number of phenols is 1. The molecule has 2 aromatic carbocycles. The largest absolute Gasteiger partial charge is 0.508 e. The van der Waals surface area contributed by atoms with Crippen LogP contribution in [0.5, 0.6) is 5.75 Å². The van der Waals surface area contributed by atoms with E-state index >= 15 is 0 Å². The second kappa shape index (κ2) is 7.26. The van der Waals surface area contributed by atoms with Gasteiger partial charge in [0.05, 0.1) is 5.56 Å². The highest BCUT2D eigenvalue weighted by molar-refractivity contribution is 5.60. The van der Waals surface area contributed by atoms with Crippen molar-refractivity contribution in [3.63, 3.8) is 0 Å².